The van der Waals surface area contributed by atoms with Crippen LogP contribution in [0.5, 0.6) is 5.75 Å². The molecule has 4 heterocycles. The Morgan fingerprint density at radius 2 is 2.05 bits per heavy atom. The number of fused-ring (bicyclic) bond motifs is 3. The maximum atomic E-state index is 15.2. The van der Waals surface area contributed by atoms with E-state index < -0.39 is 5.82 Å². The van der Waals surface area contributed by atoms with Crippen LogP contribution in [0.25, 0.3) is 11.0 Å². The van der Waals surface area contributed by atoms with Gasteiger partial charge in [0.05, 0.1) is 29.9 Å². The predicted molar refractivity (Wildman–Crippen MR) is 139 cm³/mol. The number of ether oxygens (including phenoxy) is 1. The molecule has 0 radical (unpaired) electrons. The first-order chi connectivity index (χ1) is 17.9. The van der Waals surface area contributed by atoms with Gasteiger partial charge in [-0.1, -0.05) is 18.2 Å². The number of nitrogens with zero attached hydrogens (tertiary/aromatic N) is 5. The van der Waals surface area contributed by atoms with Gasteiger partial charge in [0.2, 0.25) is 5.91 Å². The molecule has 3 saturated carbocycles. The van der Waals surface area contributed by atoms with Gasteiger partial charge in [-0.15, -0.1) is 0 Å². The summed E-state index contributed by atoms with van der Waals surface area (Å²) < 4.78 is 21.1. The Bertz CT molecular complexity index is 1430. The number of piperazine rings is 1. The van der Waals surface area contributed by atoms with Crippen molar-refractivity contribution >= 4 is 45.9 Å². The third-order valence-electron chi connectivity index (χ3n) is 8.46. The summed E-state index contributed by atoms with van der Waals surface area (Å²) in [4.78, 5) is 29.7. The molecule has 5 fully saturated rings. The zero-order valence-corrected chi connectivity index (χ0v) is 20.9. The van der Waals surface area contributed by atoms with Gasteiger partial charge in [-0.05, 0) is 61.9 Å². The topological polar surface area (TPSA) is 83.5 Å². The number of nitrogens with one attached hydrogen (secondary N) is 1. The highest BCUT2D eigenvalue weighted by Crippen LogP contribution is 2.64. The molecule has 4 bridgehead atoms. The van der Waals surface area contributed by atoms with E-state index in [4.69, 9.17) is 21.3 Å². The summed E-state index contributed by atoms with van der Waals surface area (Å²) in [6.07, 6.45) is 7.29. The van der Waals surface area contributed by atoms with E-state index >= 15 is 4.39 Å². The molecular weight excluding hydrogens is 495 g/mol. The zero-order valence-electron chi connectivity index (χ0n) is 20.2. The van der Waals surface area contributed by atoms with Crippen molar-refractivity contribution in [3.05, 3.63) is 54.1 Å². The molecular formula is C27H26ClFN6O2. The molecule has 8 nitrogen and oxygen atoms in total. The van der Waals surface area contributed by atoms with E-state index in [1.807, 2.05) is 17.0 Å². The normalized spacial score (nSPS) is 27.1. The number of likely N-dealkylation sites (tertiary alicyclic amines) is 1. The van der Waals surface area contributed by atoms with E-state index in [1.54, 1.807) is 12.1 Å². The molecule has 3 aromatic rings. The van der Waals surface area contributed by atoms with Gasteiger partial charge in [-0.2, -0.15) is 0 Å². The fourth-order valence-electron chi connectivity index (χ4n) is 6.45. The molecule has 0 unspecified atom stereocenters. The summed E-state index contributed by atoms with van der Waals surface area (Å²) in [6.45, 7) is 5.53. The van der Waals surface area contributed by atoms with Gasteiger partial charge in [-0.3, -0.25) is 4.79 Å². The fraction of sp³-hybridized carbons (Fsp3) is 0.407. The van der Waals surface area contributed by atoms with Gasteiger partial charge in [0.25, 0.3) is 0 Å². The number of hydrogen-bond donors (Lipinski definition) is 1. The van der Waals surface area contributed by atoms with Crippen molar-refractivity contribution in [1.82, 2.24) is 19.9 Å². The zero-order chi connectivity index (χ0) is 25.3. The maximum Gasteiger partial charge on any atom is 0.246 e. The Hall–Kier alpha value is -3.46. The lowest BCUT2D eigenvalue weighted by atomic mass is 9.45. The number of amides is 1. The van der Waals surface area contributed by atoms with Crippen molar-refractivity contribution in [2.45, 2.75) is 37.8 Å². The largest absolute Gasteiger partial charge is 0.491 e. The van der Waals surface area contributed by atoms with Crippen molar-refractivity contribution in [3.8, 4) is 5.75 Å². The van der Waals surface area contributed by atoms with Crippen LogP contribution in [0.15, 0.2) is 43.2 Å². The summed E-state index contributed by atoms with van der Waals surface area (Å²) in [5.74, 6) is 1.75. The monoisotopic (exact) mass is 520 g/mol. The number of aromatic nitrogens is 3. The van der Waals surface area contributed by atoms with E-state index in [0.717, 1.165) is 18.2 Å². The molecule has 8 rings (SSSR count). The summed E-state index contributed by atoms with van der Waals surface area (Å²) in [5.41, 5.74) is 1.63. The molecule has 2 atom stereocenters. The Labute approximate surface area is 218 Å². The number of carbonyl (C=O) groups is 1. The molecule has 2 saturated heterocycles. The first-order valence-corrected chi connectivity index (χ1v) is 13.0. The van der Waals surface area contributed by atoms with Crippen LogP contribution in [-0.4, -0.2) is 57.5 Å². The van der Waals surface area contributed by atoms with Crippen LogP contribution >= 0.6 is 11.6 Å². The third kappa shape index (κ3) is 3.62. The van der Waals surface area contributed by atoms with Gasteiger partial charge in [0.15, 0.2) is 11.6 Å². The molecule has 1 amide bonds. The van der Waals surface area contributed by atoms with E-state index in [2.05, 4.69) is 26.8 Å². The van der Waals surface area contributed by atoms with Crippen LogP contribution in [0.4, 0.5) is 21.7 Å². The number of rotatable bonds is 7. The van der Waals surface area contributed by atoms with Gasteiger partial charge in [0, 0.05) is 18.5 Å². The van der Waals surface area contributed by atoms with Crippen molar-refractivity contribution in [1.29, 1.82) is 0 Å². The highest BCUT2D eigenvalue weighted by molar-refractivity contribution is 6.32. The summed E-state index contributed by atoms with van der Waals surface area (Å²) in [7, 11) is 0. The van der Waals surface area contributed by atoms with Crippen LogP contribution in [-0.2, 0) is 4.79 Å². The standard InChI is InChI=1S/C27H26ClFN6O2/c1-2-22(36)35-12-16-7-17(35)11-34(16)21-6-4-19-25(33-21)26(31-14-30-19)32-18-3-5-20(23(28)24(18)29)37-13-27-8-15(9-27)10-27/h2-6,14-17H,1,7-13H2,(H,30,31,32)/t15?,16-,17-,27?/m0/s1. The molecule has 37 heavy (non-hydrogen) atoms. The number of pyridine rings is 1. The van der Waals surface area contributed by atoms with Crippen LogP contribution in [0, 0.1) is 17.2 Å². The van der Waals surface area contributed by atoms with Gasteiger partial charge >= 0.3 is 0 Å². The lowest BCUT2D eigenvalue weighted by Crippen LogP contribution is -2.55. The van der Waals surface area contributed by atoms with Crippen LogP contribution in [0.1, 0.15) is 25.7 Å². The minimum atomic E-state index is -0.594. The molecule has 0 spiro atoms. The minimum absolute atomic E-state index is 0.0324. The Kier molecular flexibility index (Phi) is 5.08. The Morgan fingerprint density at radius 1 is 1.22 bits per heavy atom. The molecule has 1 aromatic carbocycles. The first kappa shape index (κ1) is 22.7. The van der Waals surface area contributed by atoms with E-state index in [-0.39, 0.29) is 34.1 Å². The number of anilines is 3. The van der Waals surface area contributed by atoms with Crippen LogP contribution in [0.2, 0.25) is 5.02 Å². The number of carbonyl (C=O) groups excluding carboxylic acids is 1. The summed E-state index contributed by atoms with van der Waals surface area (Å²) in [6, 6.07) is 7.45. The van der Waals surface area contributed by atoms with Crippen molar-refractivity contribution < 1.29 is 13.9 Å². The summed E-state index contributed by atoms with van der Waals surface area (Å²) in [5, 5.41) is 3.01. The molecule has 2 aromatic heterocycles. The van der Waals surface area contributed by atoms with Crippen molar-refractivity contribution in [3.63, 3.8) is 0 Å². The lowest BCUT2D eigenvalue weighted by molar-refractivity contribution is -0.131. The second kappa shape index (κ2) is 8.28. The average molecular weight is 521 g/mol. The SMILES string of the molecule is C=CC(=O)N1C[C@@H]2C[C@H]1CN2c1ccc2ncnc(Nc3ccc(OCC45CC(C4)C5)c(Cl)c3F)c2n1. The van der Waals surface area contributed by atoms with E-state index in [0.29, 0.717) is 42.3 Å². The van der Waals surface area contributed by atoms with Gasteiger partial charge in [-0.25, -0.2) is 19.3 Å². The molecule has 2 aliphatic heterocycles. The molecule has 190 valence electrons. The Balaban J connectivity index is 1.12. The smallest absolute Gasteiger partial charge is 0.246 e. The maximum absolute atomic E-state index is 15.2. The second-order valence-corrected chi connectivity index (χ2v) is 11.2. The number of benzene rings is 1. The first-order valence-electron chi connectivity index (χ1n) is 12.6. The minimum Gasteiger partial charge on any atom is -0.491 e. The highest BCUT2D eigenvalue weighted by Gasteiger charge is 2.57. The van der Waals surface area contributed by atoms with Crippen molar-refractivity contribution in [2.75, 3.05) is 29.9 Å². The summed E-state index contributed by atoms with van der Waals surface area (Å²) >= 11 is 6.35. The van der Waals surface area contributed by atoms with Crippen LogP contribution < -0.4 is 15.0 Å². The molecule has 5 aliphatic rings. The molecule has 10 heteroatoms. The highest BCUT2D eigenvalue weighted by atomic mass is 35.5. The predicted octanol–water partition coefficient (Wildman–Crippen LogP) is 4.72. The molecule has 1 N–H and O–H groups in total. The third-order valence-corrected chi connectivity index (χ3v) is 8.81. The van der Waals surface area contributed by atoms with Crippen LogP contribution in [0.3, 0.4) is 0 Å². The lowest BCUT2D eigenvalue weighted by Gasteiger charge is -2.61. The molecule has 3 aliphatic carbocycles. The Morgan fingerprint density at radius 3 is 2.76 bits per heavy atom. The fourth-order valence-corrected chi connectivity index (χ4v) is 6.67. The van der Waals surface area contributed by atoms with Gasteiger partial charge < -0.3 is 19.9 Å². The average Bonchev–Trinajstić information content (AvgIpc) is 3.47. The number of hydrogen-bond acceptors (Lipinski definition) is 7. The number of halogens is 2. The second-order valence-electron chi connectivity index (χ2n) is 10.8. The quantitative estimate of drug-likeness (QED) is 0.451. The van der Waals surface area contributed by atoms with E-state index in [1.165, 1.54) is 31.7 Å². The van der Waals surface area contributed by atoms with Crippen molar-refractivity contribution in [2.24, 2.45) is 11.3 Å². The van der Waals surface area contributed by atoms with Gasteiger partial charge in [0.1, 0.15) is 28.4 Å². The van der Waals surface area contributed by atoms with E-state index in [9.17, 15) is 4.79 Å².